The largest absolute Gasteiger partial charge is 0.497 e. The van der Waals surface area contributed by atoms with E-state index in [1.165, 1.54) is 0 Å². The van der Waals surface area contributed by atoms with Gasteiger partial charge in [0.2, 0.25) is 0 Å². The minimum absolute atomic E-state index is 0.0294. The first kappa shape index (κ1) is 16.7. The van der Waals surface area contributed by atoms with Crippen LogP contribution in [0.2, 0.25) is 0 Å². The van der Waals surface area contributed by atoms with Crippen LogP contribution in [0, 0.1) is 12.8 Å². The lowest BCUT2D eigenvalue weighted by Gasteiger charge is -2.33. The van der Waals surface area contributed by atoms with Crippen molar-refractivity contribution in [3.63, 3.8) is 0 Å². The lowest BCUT2D eigenvalue weighted by atomic mass is 9.92. The van der Waals surface area contributed by atoms with Crippen LogP contribution in [0.5, 0.6) is 5.75 Å². The summed E-state index contributed by atoms with van der Waals surface area (Å²) >= 11 is 0. The molecule has 1 fully saturated rings. The second kappa shape index (κ2) is 6.77. The summed E-state index contributed by atoms with van der Waals surface area (Å²) in [4.78, 5) is 19.3. The summed E-state index contributed by atoms with van der Waals surface area (Å²) in [5.41, 5.74) is 2.22. The highest BCUT2D eigenvalue weighted by Gasteiger charge is 2.27. The quantitative estimate of drug-likeness (QED) is 0.941. The predicted octanol–water partition coefficient (Wildman–Crippen LogP) is 2.78. The number of piperidine rings is 1. The van der Waals surface area contributed by atoms with Crippen molar-refractivity contribution in [1.82, 2.24) is 9.88 Å². The summed E-state index contributed by atoms with van der Waals surface area (Å²) in [6.07, 6.45) is 1.39. The van der Waals surface area contributed by atoms with Crippen molar-refractivity contribution in [3.05, 3.63) is 35.5 Å². The van der Waals surface area contributed by atoms with E-state index in [0.717, 1.165) is 35.2 Å². The number of aryl methyl sites for hydroxylation is 1. The molecule has 2 aromatic rings. The maximum atomic E-state index is 12.9. The molecule has 3 rings (SSSR count). The Morgan fingerprint density at radius 2 is 2.04 bits per heavy atom. The smallest absolute Gasteiger partial charge is 0.255 e. The molecular formula is C19H24N2O3. The summed E-state index contributed by atoms with van der Waals surface area (Å²) in [7, 11) is 1.63. The van der Waals surface area contributed by atoms with Crippen LogP contribution >= 0.6 is 0 Å². The molecule has 1 aliphatic heterocycles. The van der Waals surface area contributed by atoms with E-state index in [-0.39, 0.29) is 17.9 Å². The SMILES string of the molecule is COc1ccc2cc(C(=O)N3CCC(C(C)O)CC3)c(C)nc2c1. The molecule has 1 saturated heterocycles. The number of rotatable bonds is 3. The fourth-order valence-electron chi connectivity index (χ4n) is 3.34. The van der Waals surface area contributed by atoms with Crippen LogP contribution in [0.1, 0.15) is 35.8 Å². The van der Waals surface area contributed by atoms with Gasteiger partial charge in [0.25, 0.3) is 5.91 Å². The number of nitrogens with zero attached hydrogens (tertiary/aromatic N) is 2. The van der Waals surface area contributed by atoms with Gasteiger partial charge in [-0.3, -0.25) is 9.78 Å². The Balaban J connectivity index is 1.84. The third-order valence-electron chi connectivity index (χ3n) is 4.95. The Morgan fingerprint density at radius 3 is 2.67 bits per heavy atom. The van der Waals surface area contributed by atoms with Crippen LogP contribution in [0.15, 0.2) is 24.3 Å². The number of fused-ring (bicyclic) bond motifs is 1. The van der Waals surface area contributed by atoms with Crippen molar-refractivity contribution in [1.29, 1.82) is 0 Å². The van der Waals surface area contributed by atoms with E-state index >= 15 is 0 Å². The van der Waals surface area contributed by atoms with Crippen LogP contribution in [0.4, 0.5) is 0 Å². The first-order valence-corrected chi connectivity index (χ1v) is 8.42. The molecule has 5 nitrogen and oxygen atoms in total. The third kappa shape index (κ3) is 3.22. The molecule has 1 aromatic heterocycles. The molecule has 24 heavy (non-hydrogen) atoms. The minimum atomic E-state index is -0.304. The van der Waals surface area contributed by atoms with Crippen molar-refractivity contribution in [3.8, 4) is 5.75 Å². The molecule has 0 saturated carbocycles. The van der Waals surface area contributed by atoms with Gasteiger partial charge in [0, 0.05) is 24.5 Å². The van der Waals surface area contributed by atoms with Gasteiger partial charge >= 0.3 is 0 Å². The summed E-state index contributed by atoms with van der Waals surface area (Å²) in [6, 6.07) is 7.60. The number of amides is 1. The topological polar surface area (TPSA) is 62.7 Å². The number of benzene rings is 1. The van der Waals surface area contributed by atoms with Gasteiger partial charge in [-0.2, -0.15) is 0 Å². The zero-order chi connectivity index (χ0) is 17.3. The van der Waals surface area contributed by atoms with Crippen LogP contribution in [0.3, 0.4) is 0 Å². The summed E-state index contributed by atoms with van der Waals surface area (Å²) in [6.45, 7) is 5.07. The molecule has 1 aliphatic rings. The molecule has 0 radical (unpaired) electrons. The third-order valence-corrected chi connectivity index (χ3v) is 4.95. The highest BCUT2D eigenvalue weighted by atomic mass is 16.5. The van der Waals surface area contributed by atoms with E-state index < -0.39 is 0 Å². The standard InChI is InChI=1S/C19H24N2O3/c1-12-17(10-15-4-5-16(24-3)11-18(15)20-12)19(23)21-8-6-14(7-9-21)13(2)22/h4-5,10-11,13-14,22H,6-9H2,1-3H3. The second-order valence-corrected chi connectivity index (χ2v) is 6.55. The molecule has 0 aliphatic carbocycles. The number of carbonyl (C=O) groups is 1. The lowest BCUT2D eigenvalue weighted by molar-refractivity contribution is 0.0520. The molecule has 1 N–H and O–H groups in total. The van der Waals surface area contributed by atoms with Crippen molar-refractivity contribution >= 4 is 16.8 Å². The van der Waals surface area contributed by atoms with Gasteiger partial charge < -0.3 is 14.7 Å². The van der Waals surface area contributed by atoms with Gasteiger partial charge in [-0.15, -0.1) is 0 Å². The Kier molecular flexibility index (Phi) is 4.71. The van der Waals surface area contributed by atoms with Crippen molar-refractivity contribution in [2.45, 2.75) is 32.8 Å². The fourth-order valence-corrected chi connectivity index (χ4v) is 3.34. The Hall–Kier alpha value is -2.14. The van der Waals surface area contributed by atoms with Crippen molar-refractivity contribution < 1.29 is 14.6 Å². The number of aromatic nitrogens is 1. The van der Waals surface area contributed by atoms with E-state index in [1.54, 1.807) is 7.11 Å². The highest BCUT2D eigenvalue weighted by molar-refractivity contribution is 5.98. The molecular weight excluding hydrogens is 304 g/mol. The molecule has 1 atom stereocenters. The van der Waals surface area contributed by atoms with E-state index in [0.29, 0.717) is 18.7 Å². The van der Waals surface area contributed by atoms with E-state index in [2.05, 4.69) is 4.98 Å². The lowest BCUT2D eigenvalue weighted by Crippen LogP contribution is -2.41. The number of methoxy groups -OCH3 is 1. The molecule has 0 bridgehead atoms. The molecule has 0 spiro atoms. The normalized spacial score (nSPS) is 17.1. The highest BCUT2D eigenvalue weighted by Crippen LogP contribution is 2.25. The molecule has 1 aromatic carbocycles. The van der Waals surface area contributed by atoms with Crippen LogP contribution in [-0.2, 0) is 0 Å². The number of aliphatic hydroxyl groups excluding tert-OH is 1. The van der Waals surface area contributed by atoms with E-state index in [1.807, 2.05) is 43.0 Å². The van der Waals surface area contributed by atoms with Gasteiger partial charge in [0.05, 0.1) is 30.0 Å². The average Bonchev–Trinajstić information content (AvgIpc) is 2.60. The van der Waals surface area contributed by atoms with Gasteiger partial charge in [-0.05, 0) is 50.8 Å². The molecule has 1 amide bonds. The summed E-state index contributed by atoms with van der Waals surface area (Å²) < 4.78 is 5.23. The van der Waals surface area contributed by atoms with Crippen LogP contribution < -0.4 is 4.74 Å². The number of ether oxygens (including phenoxy) is 1. The Labute approximate surface area is 142 Å². The van der Waals surface area contributed by atoms with Gasteiger partial charge in [0.1, 0.15) is 5.75 Å². The van der Waals surface area contributed by atoms with E-state index in [9.17, 15) is 9.90 Å². The number of carbonyl (C=O) groups excluding carboxylic acids is 1. The van der Waals surface area contributed by atoms with Crippen LogP contribution in [-0.4, -0.2) is 47.2 Å². The second-order valence-electron chi connectivity index (χ2n) is 6.55. The fraction of sp³-hybridized carbons (Fsp3) is 0.474. The molecule has 5 heteroatoms. The van der Waals surface area contributed by atoms with Crippen molar-refractivity contribution in [2.24, 2.45) is 5.92 Å². The number of hydrogen-bond acceptors (Lipinski definition) is 4. The van der Waals surface area contributed by atoms with Gasteiger partial charge in [-0.25, -0.2) is 0 Å². The molecule has 1 unspecified atom stereocenters. The maximum absolute atomic E-state index is 12.9. The Bertz CT molecular complexity index is 750. The Morgan fingerprint density at radius 1 is 1.33 bits per heavy atom. The molecule has 128 valence electrons. The maximum Gasteiger partial charge on any atom is 0.255 e. The summed E-state index contributed by atoms with van der Waals surface area (Å²) in [5.74, 6) is 1.08. The summed E-state index contributed by atoms with van der Waals surface area (Å²) in [5, 5.41) is 10.6. The first-order chi connectivity index (χ1) is 11.5. The monoisotopic (exact) mass is 328 g/mol. The average molecular weight is 328 g/mol. The van der Waals surface area contributed by atoms with Gasteiger partial charge in [-0.1, -0.05) is 0 Å². The van der Waals surface area contributed by atoms with Crippen molar-refractivity contribution in [2.75, 3.05) is 20.2 Å². The number of hydrogen-bond donors (Lipinski definition) is 1. The number of pyridine rings is 1. The van der Waals surface area contributed by atoms with Gasteiger partial charge in [0.15, 0.2) is 0 Å². The van der Waals surface area contributed by atoms with E-state index in [4.69, 9.17) is 4.74 Å². The number of aliphatic hydroxyl groups is 1. The minimum Gasteiger partial charge on any atom is -0.497 e. The van der Waals surface area contributed by atoms with Crippen LogP contribution in [0.25, 0.3) is 10.9 Å². The zero-order valence-electron chi connectivity index (χ0n) is 14.5. The first-order valence-electron chi connectivity index (χ1n) is 8.42. The molecule has 2 heterocycles. The number of likely N-dealkylation sites (tertiary alicyclic amines) is 1. The zero-order valence-corrected chi connectivity index (χ0v) is 14.5. The predicted molar refractivity (Wildman–Crippen MR) is 93.3 cm³/mol.